The molecule has 0 aliphatic rings. The molecule has 0 aliphatic carbocycles. The van der Waals surface area contributed by atoms with Crippen molar-refractivity contribution in [2.45, 2.75) is 19.4 Å². The molecule has 90 valence electrons. The van der Waals surface area contributed by atoms with Gasteiger partial charge in [-0.05, 0) is 18.6 Å². The fourth-order valence-electron chi connectivity index (χ4n) is 1.39. The van der Waals surface area contributed by atoms with Gasteiger partial charge in [-0.25, -0.2) is 0 Å². The Morgan fingerprint density at radius 3 is 2.82 bits per heavy atom. The third kappa shape index (κ3) is 3.16. The molecule has 0 heterocycles. The van der Waals surface area contributed by atoms with Crippen molar-refractivity contribution in [1.82, 2.24) is 0 Å². The number of nitro benzene ring substituents is 1. The van der Waals surface area contributed by atoms with Gasteiger partial charge in [-0.2, -0.15) is 5.26 Å². The van der Waals surface area contributed by atoms with Gasteiger partial charge >= 0.3 is 0 Å². The molecule has 1 rings (SSSR count). The lowest BCUT2D eigenvalue weighted by molar-refractivity contribution is -0.385. The van der Waals surface area contributed by atoms with Crippen molar-refractivity contribution in [3.63, 3.8) is 0 Å². The summed E-state index contributed by atoms with van der Waals surface area (Å²) in [7, 11) is 0. The molecule has 0 bridgehead atoms. The van der Waals surface area contributed by atoms with Crippen LogP contribution in [0.4, 0.5) is 11.4 Å². The third-order valence-corrected chi connectivity index (χ3v) is 2.40. The van der Waals surface area contributed by atoms with Crippen molar-refractivity contribution in [3.05, 3.63) is 33.9 Å². The number of rotatable bonds is 5. The van der Waals surface area contributed by atoms with E-state index in [9.17, 15) is 10.1 Å². The van der Waals surface area contributed by atoms with E-state index in [1.165, 1.54) is 18.2 Å². The third-order valence-electron chi connectivity index (χ3n) is 2.40. The lowest BCUT2D eigenvalue weighted by Crippen LogP contribution is -2.22. The summed E-state index contributed by atoms with van der Waals surface area (Å²) in [5.41, 5.74) is 0.385. The van der Waals surface area contributed by atoms with Gasteiger partial charge in [0.05, 0.1) is 11.5 Å². The molecule has 0 aromatic heterocycles. The van der Waals surface area contributed by atoms with Crippen molar-refractivity contribution in [3.8, 4) is 6.07 Å². The first-order valence-corrected chi connectivity index (χ1v) is 5.18. The number of aliphatic hydroxyl groups is 1. The quantitative estimate of drug-likeness (QED) is 0.597. The topological polar surface area (TPSA) is 99.2 Å². The first-order valence-electron chi connectivity index (χ1n) is 5.18. The maximum Gasteiger partial charge on any atom is 0.287 e. The Hall–Kier alpha value is -2.13. The van der Waals surface area contributed by atoms with Crippen LogP contribution in [0.15, 0.2) is 18.2 Å². The van der Waals surface area contributed by atoms with Crippen molar-refractivity contribution in [1.29, 1.82) is 5.26 Å². The zero-order chi connectivity index (χ0) is 12.8. The molecule has 0 amide bonds. The summed E-state index contributed by atoms with van der Waals surface area (Å²) >= 11 is 0. The molecule has 2 N–H and O–H groups in total. The summed E-state index contributed by atoms with van der Waals surface area (Å²) in [5, 5.41) is 31.4. The second-order valence-electron chi connectivity index (χ2n) is 3.53. The first-order chi connectivity index (χ1) is 8.12. The van der Waals surface area contributed by atoms with Crippen LogP contribution < -0.4 is 5.32 Å². The number of nitriles is 1. The number of nitrogens with zero attached hydrogens (tertiary/aromatic N) is 2. The first kappa shape index (κ1) is 12.9. The van der Waals surface area contributed by atoms with Crippen molar-refractivity contribution >= 4 is 11.4 Å². The minimum atomic E-state index is -0.592. The van der Waals surface area contributed by atoms with Gasteiger partial charge in [0.1, 0.15) is 11.6 Å². The van der Waals surface area contributed by atoms with Crippen molar-refractivity contribution in [2.75, 3.05) is 11.9 Å². The van der Waals surface area contributed by atoms with E-state index >= 15 is 0 Å². The number of nitrogens with one attached hydrogen (secondary N) is 1. The highest BCUT2D eigenvalue weighted by atomic mass is 16.6. The van der Waals surface area contributed by atoms with E-state index in [-0.39, 0.29) is 23.9 Å². The van der Waals surface area contributed by atoms with Gasteiger partial charge in [0, 0.05) is 17.8 Å². The Bertz CT molecular complexity index is 450. The zero-order valence-corrected chi connectivity index (χ0v) is 9.38. The predicted octanol–water partition coefficient (Wildman–Crippen LogP) is 1.65. The monoisotopic (exact) mass is 235 g/mol. The van der Waals surface area contributed by atoms with Gasteiger partial charge in [-0.1, -0.05) is 6.92 Å². The van der Waals surface area contributed by atoms with E-state index in [4.69, 9.17) is 10.4 Å². The Kier molecular flexibility index (Phi) is 4.43. The Morgan fingerprint density at radius 1 is 1.65 bits per heavy atom. The summed E-state index contributed by atoms with van der Waals surface area (Å²) in [6, 6.07) is 5.88. The largest absolute Gasteiger partial charge is 0.394 e. The Labute approximate surface area is 98.6 Å². The van der Waals surface area contributed by atoms with Crippen LogP contribution in [0, 0.1) is 21.4 Å². The summed E-state index contributed by atoms with van der Waals surface area (Å²) in [4.78, 5) is 10.0. The number of nitro groups is 1. The van der Waals surface area contributed by atoms with Gasteiger partial charge < -0.3 is 10.4 Å². The molecule has 0 saturated carbocycles. The minimum Gasteiger partial charge on any atom is -0.394 e. The Balaban J connectivity index is 2.98. The van der Waals surface area contributed by atoms with E-state index < -0.39 is 4.92 Å². The van der Waals surface area contributed by atoms with Gasteiger partial charge in [0.25, 0.3) is 5.69 Å². The highest BCUT2D eigenvalue weighted by Crippen LogP contribution is 2.22. The fraction of sp³-hybridized carbons (Fsp3) is 0.364. The van der Waals surface area contributed by atoms with Gasteiger partial charge in [0.15, 0.2) is 0 Å². The summed E-state index contributed by atoms with van der Waals surface area (Å²) in [5.74, 6) is 0. The summed E-state index contributed by atoms with van der Waals surface area (Å²) in [6.45, 7) is 1.87. The maximum atomic E-state index is 10.6. The molecule has 1 unspecified atom stereocenters. The highest BCUT2D eigenvalue weighted by Gasteiger charge is 2.14. The van der Waals surface area contributed by atoms with E-state index in [0.29, 0.717) is 5.69 Å². The zero-order valence-electron chi connectivity index (χ0n) is 9.38. The normalized spacial score (nSPS) is 11.6. The molecule has 17 heavy (non-hydrogen) atoms. The van der Waals surface area contributed by atoms with E-state index in [0.717, 1.165) is 6.42 Å². The van der Waals surface area contributed by atoms with Crippen LogP contribution in [-0.2, 0) is 0 Å². The second kappa shape index (κ2) is 5.82. The number of aliphatic hydroxyl groups excluding tert-OH is 1. The molecule has 0 fully saturated rings. The molecular weight excluding hydrogens is 222 g/mol. The Morgan fingerprint density at radius 2 is 2.35 bits per heavy atom. The van der Waals surface area contributed by atoms with Crippen molar-refractivity contribution in [2.24, 2.45) is 0 Å². The second-order valence-corrected chi connectivity index (χ2v) is 3.53. The number of hydrogen-bond donors (Lipinski definition) is 2. The molecule has 0 radical (unpaired) electrons. The molecule has 6 nitrogen and oxygen atoms in total. The summed E-state index contributed by atoms with van der Waals surface area (Å²) < 4.78 is 0. The fourth-order valence-corrected chi connectivity index (χ4v) is 1.39. The van der Waals surface area contributed by atoms with Gasteiger partial charge in [0.2, 0.25) is 0 Å². The van der Waals surface area contributed by atoms with Gasteiger partial charge in [-0.3, -0.25) is 10.1 Å². The predicted molar refractivity (Wildman–Crippen MR) is 62.6 cm³/mol. The van der Waals surface area contributed by atoms with Crippen LogP contribution in [0.2, 0.25) is 0 Å². The average Bonchev–Trinajstić information content (AvgIpc) is 2.35. The molecule has 1 atom stereocenters. The smallest absolute Gasteiger partial charge is 0.287 e. The van der Waals surface area contributed by atoms with Gasteiger partial charge in [-0.15, -0.1) is 0 Å². The van der Waals surface area contributed by atoms with Crippen LogP contribution in [0.1, 0.15) is 18.9 Å². The van der Waals surface area contributed by atoms with E-state index in [1.807, 2.05) is 6.92 Å². The average molecular weight is 235 g/mol. The molecule has 6 heteroatoms. The highest BCUT2D eigenvalue weighted by molar-refractivity contribution is 5.58. The lowest BCUT2D eigenvalue weighted by Gasteiger charge is -2.15. The number of hydrogen-bond acceptors (Lipinski definition) is 5. The van der Waals surface area contributed by atoms with E-state index in [1.54, 1.807) is 6.07 Å². The van der Waals surface area contributed by atoms with Crippen LogP contribution in [-0.4, -0.2) is 22.7 Å². The van der Waals surface area contributed by atoms with E-state index in [2.05, 4.69) is 5.32 Å². The number of benzene rings is 1. The molecular formula is C11H13N3O3. The van der Waals surface area contributed by atoms with Crippen LogP contribution >= 0.6 is 0 Å². The molecule has 0 saturated heterocycles. The van der Waals surface area contributed by atoms with Crippen LogP contribution in [0.5, 0.6) is 0 Å². The number of anilines is 1. The molecule has 1 aromatic rings. The summed E-state index contributed by atoms with van der Waals surface area (Å²) in [6.07, 6.45) is 0.718. The van der Waals surface area contributed by atoms with Crippen LogP contribution in [0.3, 0.4) is 0 Å². The van der Waals surface area contributed by atoms with Crippen LogP contribution in [0.25, 0.3) is 0 Å². The maximum absolute atomic E-state index is 10.6. The lowest BCUT2D eigenvalue weighted by atomic mass is 10.1. The molecule has 0 spiro atoms. The molecule has 0 aliphatic heterocycles. The standard InChI is InChI=1S/C11H13N3O3/c1-2-9(7-15)13-10-3-4-11(14(16)17)8(5-10)6-12/h3-5,9,13,15H,2,7H2,1H3. The van der Waals surface area contributed by atoms with Crippen molar-refractivity contribution < 1.29 is 10.0 Å². The minimum absolute atomic E-state index is 0.00722. The SMILES string of the molecule is CCC(CO)Nc1ccc([N+](=O)[O-])c(C#N)c1. The molecule has 1 aromatic carbocycles.